The Labute approximate surface area is 63.1 Å². The molecule has 6 heavy (non-hydrogen) atoms. The summed E-state index contributed by atoms with van der Waals surface area (Å²) < 4.78 is -0.102. The zero-order valence-corrected chi connectivity index (χ0v) is 5.91. The molecule has 0 aromatic carbocycles. The number of hydrogen-bond acceptors (Lipinski definition) is 1. The molecule has 1 unspecified atom stereocenters. The molecule has 0 aromatic rings. The third-order valence-corrected chi connectivity index (χ3v) is 1.13. The Morgan fingerprint density at radius 1 is 1.83 bits per heavy atom. The van der Waals surface area contributed by atoms with Crippen LogP contribution in [0.1, 0.15) is 19.8 Å². The Balaban J connectivity index is 2.63. The number of aliphatic hydroxyl groups is 1. The van der Waals surface area contributed by atoms with Gasteiger partial charge in [0.1, 0.15) is 0 Å². The van der Waals surface area contributed by atoms with E-state index < -0.39 is 0 Å². The van der Waals surface area contributed by atoms with E-state index in [1.165, 1.54) is 0 Å². The van der Waals surface area contributed by atoms with Crippen LogP contribution in [0.3, 0.4) is 0 Å². The van der Waals surface area contributed by atoms with Crippen LogP contribution in [0.2, 0.25) is 0 Å². The molecular formula is C4H9OTb. The van der Waals surface area contributed by atoms with Crippen LogP contribution in [-0.2, 0) is 0 Å². The van der Waals surface area contributed by atoms with E-state index in [-0.39, 0.29) is 2.08 Å². The molecule has 0 aliphatic heterocycles. The molecule has 0 aromatic heterocycles. The number of hydrogen-bond donors (Lipinski definition) is 1. The fourth-order valence-electron chi connectivity index (χ4n) is 0.225. The van der Waals surface area contributed by atoms with Gasteiger partial charge in [-0.2, -0.15) is 0 Å². The summed E-state index contributed by atoms with van der Waals surface area (Å²) in [5.74, 6) is 0. The van der Waals surface area contributed by atoms with Gasteiger partial charge in [0, 0.05) is 0 Å². The van der Waals surface area contributed by atoms with E-state index >= 15 is 0 Å². The topological polar surface area (TPSA) is 20.2 Å². The van der Waals surface area contributed by atoms with Gasteiger partial charge >= 0.3 is 63.6 Å². The summed E-state index contributed by atoms with van der Waals surface area (Å²) >= 11 is 1.81. The zero-order valence-electron chi connectivity index (χ0n) is 3.77. The van der Waals surface area contributed by atoms with E-state index in [1.54, 1.807) is 0 Å². The van der Waals surface area contributed by atoms with Crippen LogP contribution in [-0.4, -0.2) is 7.18 Å². The predicted molar refractivity (Wildman–Crippen MR) is 20.9 cm³/mol. The molecule has 1 nitrogen and oxygen atoms in total. The standard InChI is InChI=1S/C4H9O.Tb/c1-2-3-4-5;/h4-5H,2-3H2,1H3;. The van der Waals surface area contributed by atoms with Gasteiger partial charge in [-0.15, -0.1) is 0 Å². The Bertz CT molecular complexity index is 28.7. The van der Waals surface area contributed by atoms with Crippen molar-refractivity contribution in [2.75, 3.05) is 0 Å². The molecule has 0 bridgehead atoms. The zero-order chi connectivity index (χ0) is 4.99. The normalized spacial score (nSPS) is 14.7. The van der Waals surface area contributed by atoms with E-state index in [0.29, 0.717) is 0 Å². The van der Waals surface area contributed by atoms with Crippen molar-refractivity contribution < 1.29 is 41.7 Å². The van der Waals surface area contributed by atoms with E-state index in [9.17, 15) is 0 Å². The predicted octanol–water partition coefficient (Wildman–Crippen LogP) is 0.654. The van der Waals surface area contributed by atoms with Crippen molar-refractivity contribution in [3.63, 3.8) is 0 Å². The van der Waals surface area contributed by atoms with Crippen LogP contribution in [0.15, 0.2) is 0 Å². The molecule has 0 saturated heterocycles. The summed E-state index contributed by atoms with van der Waals surface area (Å²) in [6, 6.07) is 0. The molecule has 0 amide bonds. The molecule has 0 saturated carbocycles. The van der Waals surface area contributed by atoms with Crippen LogP contribution in [0.5, 0.6) is 0 Å². The Morgan fingerprint density at radius 3 is 2.33 bits per heavy atom. The molecular weight excluding hydrogens is 223 g/mol. The minimum absolute atomic E-state index is 0.102. The molecule has 1 atom stereocenters. The SMILES string of the molecule is CCC[CH](O)[Tb]. The molecule has 0 heterocycles. The van der Waals surface area contributed by atoms with Crippen molar-refractivity contribution in [1.29, 1.82) is 0 Å². The van der Waals surface area contributed by atoms with Gasteiger partial charge < -0.3 is 0 Å². The molecule has 0 rings (SSSR count). The number of rotatable bonds is 2. The average molecular weight is 232 g/mol. The van der Waals surface area contributed by atoms with E-state index in [4.69, 9.17) is 5.11 Å². The van der Waals surface area contributed by atoms with Crippen LogP contribution in [0.4, 0.5) is 0 Å². The molecule has 2 heteroatoms. The maximum absolute atomic E-state index is 8.55. The molecule has 0 spiro atoms. The first kappa shape index (κ1) is 7.25. The third-order valence-electron chi connectivity index (χ3n) is 0.514. The second-order valence-electron chi connectivity index (χ2n) is 1.19. The summed E-state index contributed by atoms with van der Waals surface area (Å²) in [5.41, 5.74) is 0. The first-order chi connectivity index (χ1) is 2.77. The van der Waals surface area contributed by atoms with Crippen molar-refractivity contribution >= 4 is 0 Å². The monoisotopic (exact) mass is 232 g/mol. The van der Waals surface area contributed by atoms with Gasteiger partial charge in [0.15, 0.2) is 0 Å². The van der Waals surface area contributed by atoms with Crippen LogP contribution >= 0.6 is 0 Å². The fourth-order valence-corrected chi connectivity index (χ4v) is 0.843. The minimum atomic E-state index is -0.102. The van der Waals surface area contributed by atoms with E-state index in [2.05, 4.69) is 6.92 Å². The van der Waals surface area contributed by atoms with Crippen LogP contribution in [0.25, 0.3) is 0 Å². The van der Waals surface area contributed by atoms with Crippen molar-refractivity contribution in [3.8, 4) is 0 Å². The van der Waals surface area contributed by atoms with E-state index in [1.807, 2.05) is 36.6 Å². The molecule has 40 valence electrons. The first-order valence-corrected chi connectivity index (χ1v) is 3.30. The Hall–Kier alpha value is 1.25. The van der Waals surface area contributed by atoms with Gasteiger partial charge in [-0.1, -0.05) is 0 Å². The van der Waals surface area contributed by atoms with Gasteiger partial charge in [0.25, 0.3) is 0 Å². The summed E-state index contributed by atoms with van der Waals surface area (Å²) in [7, 11) is 0. The van der Waals surface area contributed by atoms with Gasteiger partial charge in [0.2, 0.25) is 0 Å². The van der Waals surface area contributed by atoms with Gasteiger partial charge in [-0.25, -0.2) is 0 Å². The van der Waals surface area contributed by atoms with Crippen LogP contribution in [0, 0.1) is 36.6 Å². The molecule has 0 radical (unpaired) electrons. The summed E-state index contributed by atoms with van der Waals surface area (Å²) in [4.78, 5) is 0. The summed E-state index contributed by atoms with van der Waals surface area (Å²) in [5, 5.41) is 8.55. The van der Waals surface area contributed by atoms with Gasteiger partial charge in [0.05, 0.1) is 0 Å². The average Bonchev–Trinajstić information content (AvgIpc) is 1.35. The fraction of sp³-hybridized carbons (Fsp3) is 1.00. The van der Waals surface area contributed by atoms with E-state index in [0.717, 1.165) is 12.8 Å². The second kappa shape index (κ2) is 4.41. The summed E-state index contributed by atoms with van der Waals surface area (Å²) in [6.45, 7) is 2.06. The quantitative estimate of drug-likeness (QED) is 0.741. The molecule has 0 aliphatic rings. The third kappa shape index (κ3) is 5.25. The second-order valence-corrected chi connectivity index (χ2v) is 2.62. The van der Waals surface area contributed by atoms with Crippen LogP contribution < -0.4 is 0 Å². The molecule has 0 aliphatic carbocycles. The molecule has 1 N–H and O–H groups in total. The van der Waals surface area contributed by atoms with Crippen molar-refractivity contribution in [2.24, 2.45) is 0 Å². The molecule has 0 fully saturated rings. The summed E-state index contributed by atoms with van der Waals surface area (Å²) in [6.07, 6.45) is 2.01. The Morgan fingerprint density at radius 2 is 2.33 bits per heavy atom. The van der Waals surface area contributed by atoms with Crippen molar-refractivity contribution in [3.05, 3.63) is 0 Å². The maximum atomic E-state index is 8.55. The van der Waals surface area contributed by atoms with Gasteiger partial charge in [-0.3, -0.25) is 0 Å². The van der Waals surface area contributed by atoms with Crippen molar-refractivity contribution in [1.82, 2.24) is 0 Å². The first-order valence-electron chi connectivity index (χ1n) is 2.07. The van der Waals surface area contributed by atoms with Crippen molar-refractivity contribution in [2.45, 2.75) is 21.8 Å². The van der Waals surface area contributed by atoms with Gasteiger partial charge in [-0.05, 0) is 0 Å². The Kier molecular flexibility index (Phi) is 5.32. The number of aliphatic hydroxyl groups excluding tert-OH is 1.